The van der Waals surface area contributed by atoms with Gasteiger partial charge in [0.25, 0.3) is 5.91 Å². The number of aromatic nitrogens is 3. The zero-order valence-corrected chi connectivity index (χ0v) is 17.7. The smallest absolute Gasteiger partial charge is 0.251 e. The van der Waals surface area contributed by atoms with Crippen molar-refractivity contribution in [2.75, 3.05) is 5.32 Å². The average Bonchev–Trinajstić information content (AvgIpc) is 3.02. The van der Waals surface area contributed by atoms with Gasteiger partial charge < -0.3 is 15.2 Å². The summed E-state index contributed by atoms with van der Waals surface area (Å²) in [5, 5.41) is 14.6. The van der Waals surface area contributed by atoms with Crippen LogP contribution in [0.5, 0.6) is 0 Å². The topological polar surface area (TPSA) is 88.9 Å². The zero-order valence-electron chi connectivity index (χ0n) is 17.7. The minimum Gasteiger partial charge on any atom is -0.349 e. The zero-order chi connectivity index (χ0) is 21.6. The lowest BCUT2D eigenvalue weighted by atomic mass is 10.1. The fourth-order valence-electron chi connectivity index (χ4n) is 3.87. The van der Waals surface area contributed by atoms with Gasteiger partial charge in [-0.25, -0.2) is 0 Å². The van der Waals surface area contributed by atoms with Crippen molar-refractivity contribution < 1.29 is 9.59 Å². The lowest BCUT2D eigenvalue weighted by Crippen LogP contribution is -2.35. The molecule has 1 aliphatic rings. The molecule has 7 heteroatoms. The summed E-state index contributed by atoms with van der Waals surface area (Å²) < 4.78 is 2.19. The molecule has 0 unspecified atom stereocenters. The average molecular weight is 418 g/mol. The van der Waals surface area contributed by atoms with Crippen molar-refractivity contribution in [1.29, 1.82) is 0 Å². The molecule has 2 amide bonds. The van der Waals surface area contributed by atoms with Crippen LogP contribution < -0.4 is 10.6 Å². The van der Waals surface area contributed by atoms with Crippen LogP contribution in [0.3, 0.4) is 0 Å². The van der Waals surface area contributed by atoms with Gasteiger partial charge in [-0.05, 0) is 44.0 Å². The van der Waals surface area contributed by atoms with Crippen LogP contribution in [-0.2, 0) is 17.8 Å². The Morgan fingerprint density at radius 3 is 2.71 bits per heavy atom. The van der Waals surface area contributed by atoms with E-state index in [1.165, 1.54) is 6.42 Å². The van der Waals surface area contributed by atoms with Crippen molar-refractivity contribution in [1.82, 2.24) is 20.1 Å². The molecule has 0 saturated carbocycles. The van der Waals surface area contributed by atoms with E-state index in [0.29, 0.717) is 11.3 Å². The maximum atomic E-state index is 12.5. The van der Waals surface area contributed by atoms with Crippen LogP contribution in [0.15, 0.2) is 54.6 Å². The molecule has 0 aliphatic carbocycles. The minimum absolute atomic E-state index is 0.155. The summed E-state index contributed by atoms with van der Waals surface area (Å²) in [7, 11) is 0. The van der Waals surface area contributed by atoms with Crippen LogP contribution in [0, 0.1) is 0 Å². The highest BCUT2D eigenvalue weighted by molar-refractivity contribution is 5.95. The Bertz CT molecular complexity index is 1060. The van der Waals surface area contributed by atoms with Crippen molar-refractivity contribution >= 4 is 17.5 Å². The number of benzene rings is 2. The molecule has 7 nitrogen and oxygen atoms in total. The SMILES string of the molecule is C[C@@H](CC(=O)Nc1cccc(-c2nnc3n2CCCCC3)c1)NC(=O)c1ccccc1. The molecule has 0 radical (unpaired) electrons. The summed E-state index contributed by atoms with van der Waals surface area (Å²) in [6, 6.07) is 16.4. The van der Waals surface area contributed by atoms with Gasteiger partial charge in [-0.3, -0.25) is 9.59 Å². The summed E-state index contributed by atoms with van der Waals surface area (Å²) in [5.41, 5.74) is 2.22. The lowest BCUT2D eigenvalue weighted by Gasteiger charge is -2.14. The Morgan fingerprint density at radius 2 is 1.87 bits per heavy atom. The Kier molecular flexibility index (Phi) is 6.40. The maximum absolute atomic E-state index is 12.5. The third kappa shape index (κ3) is 5.17. The van der Waals surface area contributed by atoms with Gasteiger partial charge in [0.1, 0.15) is 5.82 Å². The summed E-state index contributed by atoms with van der Waals surface area (Å²) in [6.07, 6.45) is 4.62. The van der Waals surface area contributed by atoms with Gasteiger partial charge in [0.15, 0.2) is 5.82 Å². The van der Waals surface area contributed by atoms with E-state index < -0.39 is 0 Å². The molecule has 2 aromatic carbocycles. The monoisotopic (exact) mass is 417 g/mol. The van der Waals surface area contributed by atoms with Crippen molar-refractivity contribution in [3.05, 3.63) is 66.0 Å². The molecule has 31 heavy (non-hydrogen) atoms. The summed E-state index contributed by atoms with van der Waals surface area (Å²) >= 11 is 0. The molecule has 3 aromatic rings. The van der Waals surface area contributed by atoms with Gasteiger partial charge in [0.05, 0.1) is 0 Å². The highest BCUT2D eigenvalue weighted by Gasteiger charge is 2.17. The van der Waals surface area contributed by atoms with E-state index in [2.05, 4.69) is 25.4 Å². The third-order valence-electron chi connectivity index (χ3n) is 5.42. The molecule has 0 bridgehead atoms. The maximum Gasteiger partial charge on any atom is 0.251 e. The summed E-state index contributed by atoms with van der Waals surface area (Å²) in [5.74, 6) is 1.54. The first kappa shape index (κ1) is 20.8. The van der Waals surface area contributed by atoms with Crippen molar-refractivity contribution in [3.63, 3.8) is 0 Å². The number of anilines is 1. The molecule has 160 valence electrons. The first-order valence-corrected chi connectivity index (χ1v) is 10.8. The molecule has 2 heterocycles. The number of amides is 2. The number of hydrogen-bond acceptors (Lipinski definition) is 4. The van der Waals surface area contributed by atoms with E-state index >= 15 is 0 Å². The van der Waals surface area contributed by atoms with E-state index in [-0.39, 0.29) is 24.3 Å². The molecule has 1 atom stereocenters. The standard InChI is InChI=1S/C24H27N5O2/c1-17(25-24(31)18-9-4-2-5-10-18)15-22(30)26-20-12-8-11-19(16-20)23-28-27-21-13-6-3-7-14-29(21)23/h2,4-5,8-12,16-17H,3,6-7,13-15H2,1H3,(H,25,31)(H,26,30)/t17-/m0/s1. The highest BCUT2D eigenvalue weighted by atomic mass is 16.2. The van der Waals surface area contributed by atoms with Gasteiger partial charge in [0, 0.05) is 42.2 Å². The third-order valence-corrected chi connectivity index (χ3v) is 5.42. The quantitative estimate of drug-likeness (QED) is 0.638. The van der Waals surface area contributed by atoms with Gasteiger partial charge >= 0.3 is 0 Å². The van der Waals surface area contributed by atoms with Gasteiger partial charge in [-0.2, -0.15) is 0 Å². The largest absolute Gasteiger partial charge is 0.349 e. The molecular formula is C24H27N5O2. The van der Waals surface area contributed by atoms with Crippen LogP contribution in [-0.4, -0.2) is 32.6 Å². The second kappa shape index (κ2) is 9.55. The minimum atomic E-state index is -0.289. The van der Waals surface area contributed by atoms with Crippen LogP contribution in [0.1, 0.15) is 48.8 Å². The van der Waals surface area contributed by atoms with Crippen LogP contribution in [0.25, 0.3) is 11.4 Å². The van der Waals surface area contributed by atoms with Gasteiger partial charge in [-0.15, -0.1) is 10.2 Å². The highest BCUT2D eigenvalue weighted by Crippen LogP contribution is 2.25. The van der Waals surface area contributed by atoms with Crippen LogP contribution in [0.2, 0.25) is 0 Å². The molecule has 0 spiro atoms. The first-order chi connectivity index (χ1) is 15.1. The number of fused-ring (bicyclic) bond motifs is 1. The normalized spacial score (nSPS) is 14.2. The molecule has 1 aliphatic heterocycles. The Hall–Kier alpha value is -3.48. The number of nitrogens with one attached hydrogen (secondary N) is 2. The van der Waals surface area contributed by atoms with E-state index in [9.17, 15) is 9.59 Å². The van der Waals surface area contributed by atoms with Crippen molar-refractivity contribution in [2.45, 2.75) is 51.6 Å². The number of carbonyl (C=O) groups excluding carboxylic acids is 2. The summed E-state index contributed by atoms with van der Waals surface area (Å²) in [6.45, 7) is 2.75. The van der Waals surface area contributed by atoms with Crippen molar-refractivity contribution in [2.24, 2.45) is 0 Å². The molecule has 0 fully saturated rings. The summed E-state index contributed by atoms with van der Waals surface area (Å²) in [4.78, 5) is 24.8. The Morgan fingerprint density at radius 1 is 1.03 bits per heavy atom. The Labute approximate surface area is 181 Å². The van der Waals surface area contributed by atoms with E-state index in [4.69, 9.17) is 0 Å². The lowest BCUT2D eigenvalue weighted by molar-refractivity contribution is -0.116. The number of carbonyl (C=O) groups is 2. The number of rotatable bonds is 6. The van der Waals surface area contributed by atoms with E-state index in [0.717, 1.165) is 43.0 Å². The molecule has 2 N–H and O–H groups in total. The van der Waals surface area contributed by atoms with E-state index in [1.807, 2.05) is 49.4 Å². The Balaban J connectivity index is 1.38. The number of nitrogens with zero attached hydrogens (tertiary/aromatic N) is 3. The number of hydrogen-bond donors (Lipinski definition) is 2. The van der Waals surface area contributed by atoms with E-state index in [1.54, 1.807) is 12.1 Å². The van der Waals surface area contributed by atoms with Gasteiger partial charge in [0.2, 0.25) is 5.91 Å². The van der Waals surface area contributed by atoms with Crippen LogP contribution >= 0.6 is 0 Å². The fraction of sp³-hybridized carbons (Fsp3) is 0.333. The molecule has 1 aromatic heterocycles. The predicted molar refractivity (Wildman–Crippen MR) is 120 cm³/mol. The number of aryl methyl sites for hydroxylation is 1. The molecule has 4 rings (SSSR count). The van der Waals surface area contributed by atoms with Crippen LogP contribution in [0.4, 0.5) is 5.69 Å². The van der Waals surface area contributed by atoms with Gasteiger partial charge in [-0.1, -0.05) is 36.8 Å². The predicted octanol–water partition coefficient (Wildman–Crippen LogP) is 3.82. The molecular weight excluding hydrogens is 390 g/mol. The first-order valence-electron chi connectivity index (χ1n) is 10.8. The van der Waals surface area contributed by atoms with Crippen molar-refractivity contribution in [3.8, 4) is 11.4 Å². The molecule has 0 saturated heterocycles. The second-order valence-corrected chi connectivity index (χ2v) is 7.98. The fourth-order valence-corrected chi connectivity index (χ4v) is 3.87. The second-order valence-electron chi connectivity index (χ2n) is 7.98.